The molecule has 3 heteroatoms. The fourth-order valence-corrected chi connectivity index (χ4v) is 2.64. The van der Waals surface area contributed by atoms with Gasteiger partial charge in [-0.1, -0.05) is 66.7 Å². The first-order valence-corrected chi connectivity index (χ1v) is 7.87. The molecule has 1 unspecified atom stereocenters. The van der Waals surface area contributed by atoms with Gasteiger partial charge in [-0.25, -0.2) is 4.39 Å². The predicted molar refractivity (Wildman–Crippen MR) is 94.6 cm³/mol. The molecule has 24 heavy (non-hydrogen) atoms. The summed E-state index contributed by atoms with van der Waals surface area (Å²) in [5.74, 6) is -0.255. The fourth-order valence-electron chi connectivity index (χ4n) is 2.64. The smallest absolute Gasteiger partial charge is 0.165 e. The van der Waals surface area contributed by atoms with Crippen LogP contribution in [0.2, 0.25) is 0 Å². The Labute approximate surface area is 141 Å². The summed E-state index contributed by atoms with van der Waals surface area (Å²) in [6.07, 6.45) is 0.296. The maximum atomic E-state index is 13.4. The lowest BCUT2D eigenvalue weighted by Crippen LogP contribution is -2.16. The number of ketones is 1. The molecule has 3 aromatic carbocycles. The third-order valence-electron chi connectivity index (χ3n) is 3.85. The molecule has 0 heterocycles. The van der Waals surface area contributed by atoms with E-state index in [1.54, 1.807) is 12.1 Å². The first-order valence-electron chi connectivity index (χ1n) is 7.87. The van der Waals surface area contributed by atoms with Crippen LogP contribution in [0.15, 0.2) is 84.9 Å². The Hall–Kier alpha value is -2.94. The van der Waals surface area contributed by atoms with Gasteiger partial charge >= 0.3 is 0 Å². The number of rotatable bonds is 6. The van der Waals surface area contributed by atoms with Crippen molar-refractivity contribution in [1.82, 2.24) is 0 Å². The quantitative estimate of drug-likeness (QED) is 0.629. The number of benzene rings is 3. The molecule has 1 N–H and O–H groups in total. The van der Waals surface area contributed by atoms with Gasteiger partial charge in [0.05, 0.1) is 6.04 Å². The normalized spacial score (nSPS) is 11.7. The summed E-state index contributed by atoms with van der Waals surface area (Å²) in [6, 6.07) is 25.0. The third-order valence-corrected chi connectivity index (χ3v) is 3.85. The van der Waals surface area contributed by atoms with Crippen molar-refractivity contribution < 1.29 is 9.18 Å². The van der Waals surface area contributed by atoms with Crippen LogP contribution in [-0.4, -0.2) is 5.78 Å². The Bertz CT molecular complexity index is 802. The molecule has 2 nitrogen and oxygen atoms in total. The molecule has 3 rings (SSSR count). The van der Waals surface area contributed by atoms with Crippen LogP contribution in [0.4, 0.5) is 10.1 Å². The maximum absolute atomic E-state index is 13.4. The Morgan fingerprint density at radius 2 is 1.54 bits per heavy atom. The summed E-state index contributed by atoms with van der Waals surface area (Å²) in [5.41, 5.74) is 2.33. The molecule has 0 fully saturated rings. The van der Waals surface area contributed by atoms with Crippen molar-refractivity contribution in [3.05, 3.63) is 102 Å². The van der Waals surface area contributed by atoms with E-state index in [0.717, 1.165) is 5.56 Å². The Kier molecular flexibility index (Phi) is 5.02. The standard InChI is InChI=1S/C21H18FNO/c22-18-12-7-13-19(14-18)23-20(16-8-3-1-4-9-16)15-21(24)17-10-5-2-6-11-17/h1-14,20,23H,15H2. The summed E-state index contributed by atoms with van der Waals surface area (Å²) in [7, 11) is 0. The topological polar surface area (TPSA) is 29.1 Å². The SMILES string of the molecule is O=C(CC(Nc1cccc(F)c1)c1ccccc1)c1ccccc1. The van der Waals surface area contributed by atoms with E-state index >= 15 is 0 Å². The minimum atomic E-state index is -0.304. The van der Waals surface area contributed by atoms with Crippen LogP contribution in [0.1, 0.15) is 28.4 Å². The van der Waals surface area contributed by atoms with Gasteiger partial charge in [-0.3, -0.25) is 4.79 Å². The lowest BCUT2D eigenvalue weighted by Gasteiger charge is -2.20. The monoisotopic (exact) mass is 319 g/mol. The first kappa shape index (κ1) is 15.9. The number of Topliss-reactive ketones (excluding diaryl/α,β-unsaturated/α-hetero) is 1. The molecule has 0 spiro atoms. The van der Waals surface area contributed by atoms with Gasteiger partial charge in [-0.15, -0.1) is 0 Å². The van der Waals surface area contributed by atoms with E-state index in [1.807, 2.05) is 60.7 Å². The van der Waals surface area contributed by atoms with E-state index in [2.05, 4.69) is 5.32 Å². The molecular formula is C21H18FNO. The van der Waals surface area contributed by atoms with Crippen LogP contribution in [0.5, 0.6) is 0 Å². The number of carbonyl (C=O) groups excluding carboxylic acids is 1. The van der Waals surface area contributed by atoms with Gasteiger partial charge in [0.25, 0.3) is 0 Å². The zero-order chi connectivity index (χ0) is 16.8. The summed E-state index contributed by atoms with van der Waals surface area (Å²) in [5, 5.41) is 3.28. The Morgan fingerprint density at radius 1 is 0.875 bits per heavy atom. The molecule has 0 aliphatic heterocycles. The third kappa shape index (κ3) is 4.07. The summed E-state index contributed by atoms with van der Waals surface area (Å²) in [6.45, 7) is 0. The molecule has 1 atom stereocenters. The molecule has 120 valence electrons. The minimum Gasteiger partial charge on any atom is -0.378 e. The molecule has 0 radical (unpaired) electrons. The van der Waals surface area contributed by atoms with Crippen LogP contribution in [-0.2, 0) is 0 Å². The van der Waals surface area contributed by atoms with Gasteiger partial charge < -0.3 is 5.32 Å². The zero-order valence-electron chi connectivity index (χ0n) is 13.2. The van der Waals surface area contributed by atoms with Crippen molar-refractivity contribution in [3.8, 4) is 0 Å². The van der Waals surface area contributed by atoms with Crippen LogP contribution >= 0.6 is 0 Å². The van der Waals surface area contributed by atoms with E-state index in [-0.39, 0.29) is 17.6 Å². The van der Waals surface area contributed by atoms with Gasteiger partial charge in [0.1, 0.15) is 5.82 Å². The molecule has 0 saturated carbocycles. The largest absolute Gasteiger partial charge is 0.378 e. The zero-order valence-corrected chi connectivity index (χ0v) is 13.2. The van der Waals surface area contributed by atoms with Gasteiger partial charge in [0.2, 0.25) is 0 Å². The molecule has 0 amide bonds. The Morgan fingerprint density at radius 3 is 2.21 bits per heavy atom. The van der Waals surface area contributed by atoms with Crippen LogP contribution in [0, 0.1) is 5.82 Å². The number of hydrogen-bond acceptors (Lipinski definition) is 2. The average Bonchev–Trinajstić information content (AvgIpc) is 2.63. The summed E-state index contributed by atoms with van der Waals surface area (Å²) in [4.78, 5) is 12.6. The van der Waals surface area contributed by atoms with Crippen LogP contribution in [0.25, 0.3) is 0 Å². The van der Waals surface area contributed by atoms with E-state index < -0.39 is 0 Å². The van der Waals surface area contributed by atoms with Gasteiger partial charge in [-0.05, 0) is 23.8 Å². The van der Waals surface area contributed by atoms with Gasteiger partial charge in [0.15, 0.2) is 5.78 Å². The second-order valence-electron chi connectivity index (χ2n) is 5.61. The number of anilines is 1. The molecule has 3 aromatic rings. The maximum Gasteiger partial charge on any atom is 0.165 e. The van der Waals surface area contributed by atoms with Crippen LogP contribution in [0.3, 0.4) is 0 Å². The van der Waals surface area contributed by atoms with Gasteiger partial charge in [0, 0.05) is 17.7 Å². The first-order chi connectivity index (χ1) is 11.7. The van der Waals surface area contributed by atoms with E-state index in [4.69, 9.17) is 0 Å². The van der Waals surface area contributed by atoms with Crippen molar-refractivity contribution >= 4 is 11.5 Å². The molecule has 0 aliphatic rings. The highest BCUT2D eigenvalue weighted by Gasteiger charge is 2.17. The van der Waals surface area contributed by atoms with E-state index in [9.17, 15) is 9.18 Å². The minimum absolute atomic E-state index is 0.0494. The lowest BCUT2D eigenvalue weighted by molar-refractivity contribution is 0.0976. The van der Waals surface area contributed by atoms with E-state index in [0.29, 0.717) is 17.7 Å². The van der Waals surface area contributed by atoms with Crippen molar-refractivity contribution in [2.75, 3.05) is 5.32 Å². The van der Waals surface area contributed by atoms with Crippen molar-refractivity contribution in [2.24, 2.45) is 0 Å². The lowest BCUT2D eigenvalue weighted by atomic mass is 9.97. The average molecular weight is 319 g/mol. The molecular weight excluding hydrogens is 301 g/mol. The molecule has 0 saturated heterocycles. The molecule has 0 bridgehead atoms. The van der Waals surface area contributed by atoms with Crippen molar-refractivity contribution in [3.63, 3.8) is 0 Å². The van der Waals surface area contributed by atoms with Crippen molar-refractivity contribution in [1.29, 1.82) is 0 Å². The summed E-state index contributed by atoms with van der Waals surface area (Å²) < 4.78 is 13.4. The highest BCUT2D eigenvalue weighted by Crippen LogP contribution is 2.24. The molecule has 0 aliphatic carbocycles. The Balaban J connectivity index is 1.84. The summed E-state index contributed by atoms with van der Waals surface area (Å²) >= 11 is 0. The fraction of sp³-hybridized carbons (Fsp3) is 0.0952. The number of halogens is 1. The second kappa shape index (κ2) is 7.55. The highest BCUT2D eigenvalue weighted by molar-refractivity contribution is 5.96. The van der Waals surface area contributed by atoms with E-state index in [1.165, 1.54) is 12.1 Å². The number of carbonyl (C=O) groups is 1. The van der Waals surface area contributed by atoms with Crippen molar-refractivity contribution in [2.45, 2.75) is 12.5 Å². The number of hydrogen-bond donors (Lipinski definition) is 1. The van der Waals surface area contributed by atoms with Crippen LogP contribution < -0.4 is 5.32 Å². The highest BCUT2D eigenvalue weighted by atomic mass is 19.1. The van der Waals surface area contributed by atoms with Gasteiger partial charge in [-0.2, -0.15) is 0 Å². The predicted octanol–water partition coefficient (Wildman–Crippen LogP) is 5.25. The number of nitrogens with one attached hydrogen (secondary N) is 1. The molecule has 0 aromatic heterocycles. The second-order valence-corrected chi connectivity index (χ2v) is 5.61.